The number of hydrogen-bond donors (Lipinski definition) is 1. The highest BCUT2D eigenvalue weighted by atomic mass is 16.5. The third-order valence-corrected chi connectivity index (χ3v) is 3.08. The Morgan fingerprint density at radius 1 is 1.10 bits per heavy atom. The second kappa shape index (κ2) is 6.68. The summed E-state index contributed by atoms with van der Waals surface area (Å²) in [5.74, 6) is 1.70. The van der Waals surface area contributed by atoms with Crippen LogP contribution >= 0.6 is 0 Å². The molecule has 0 atom stereocenters. The van der Waals surface area contributed by atoms with E-state index in [4.69, 9.17) is 4.74 Å². The minimum absolute atomic E-state index is 0.0844. The van der Waals surface area contributed by atoms with Crippen LogP contribution in [-0.4, -0.2) is 22.6 Å². The van der Waals surface area contributed by atoms with Crippen LogP contribution in [0, 0.1) is 0 Å². The van der Waals surface area contributed by atoms with Crippen LogP contribution in [0.25, 0.3) is 0 Å². The minimum Gasteiger partial charge on any atom is -0.497 e. The molecule has 0 aliphatic rings. The fourth-order valence-corrected chi connectivity index (χ4v) is 1.91. The quantitative estimate of drug-likeness (QED) is 0.917. The summed E-state index contributed by atoms with van der Waals surface area (Å²) in [6.45, 7) is 7.19. The fraction of sp³-hybridized carbons (Fsp3) is 0.412. The van der Waals surface area contributed by atoms with Crippen LogP contribution < -0.4 is 10.1 Å². The van der Waals surface area contributed by atoms with Gasteiger partial charge in [0.15, 0.2) is 0 Å². The second-order valence-corrected chi connectivity index (χ2v) is 6.09. The zero-order valence-corrected chi connectivity index (χ0v) is 13.2. The van der Waals surface area contributed by atoms with Crippen molar-refractivity contribution in [2.24, 2.45) is 0 Å². The molecule has 2 aromatic rings. The Labute approximate surface area is 126 Å². The number of nitrogens with one attached hydrogen (secondary N) is 1. The van der Waals surface area contributed by atoms with E-state index in [1.165, 1.54) is 5.56 Å². The number of hydrogen-bond acceptors (Lipinski definition) is 4. The fourth-order valence-electron chi connectivity index (χ4n) is 1.91. The van der Waals surface area contributed by atoms with Crippen LogP contribution in [0.4, 0.5) is 0 Å². The van der Waals surface area contributed by atoms with E-state index in [0.29, 0.717) is 0 Å². The number of nitrogens with zero attached hydrogens (tertiary/aromatic N) is 2. The Kier molecular flexibility index (Phi) is 4.91. The van der Waals surface area contributed by atoms with Crippen LogP contribution in [-0.2, 0) is 13.0 Å². The van der Waals surface area contributed by atoms with Crippen molar-refractivity contribution in [3.8, 4) is 5.75 Å². The molecular weight excluding hydrogens is 262 g/mol. The van der Waals surface area contributed by atoms with E-state index in [0.717, 1.165) is 30.2 Å². The van der Waals surface area contributed by atoms with E-state index < -0.39 is 0 Å². The maximum atomic E-state index is 5.16. The minimum atomic E-state index is 0.0844. The van der Waals surface area contributed by atoms with Crippen molar-refractivity contribution >= 4 is 0 Å². The van der Waals surface area contributed by atoms with Crippen molar-refractivity contribution in [1.29, 1.82) is 0 Å². The molecule has 0 saturated heterocycles. The van der Waals surface area contributed by atoms with Crippen molar-refractivity contribution in [3.63, 3.8) is 0 Å². The van der Waals surface area contributed by atoms with Gasteiger partial charge in [-0.2, -0.15) is 0 Å². The average molecular weight is 285 g/mol. The van der Waals surface area contributed by atoms with Gasteiger partial charge >= 0.3 is 0 Å². The molecule has 0 aliphatic carbocycles. The van der Waals surface area contributed by atoms with Crippen molar-refractivity contribution in [1.82, 2.24) is 15.3 Å². The average Bonchev–Trinajstić information content (AvgIpc) is 2.46. The van der Waals surface area contributed by atoms with Gasteiger partial charge in [0.05, 0.1) is 12.8 Å². The van der Waals surface area contributed by atoms with Crippen molar-refractivity contribution < 1.29 is 4.74 Å². The van der Waals surface area contributed by atoms with Crippen LogP contribution in [0.2, 0.25) is 0 Å². The second-order valence-electron chi connectivity index (χ2n) is 6.09. The first-order valence-electron chi connectivity index (χ1n) is 7.15. The molecule has 112 valence electrons. The summed E-state index contributed by atoms with van der Waals surface area (Å²) in [6, 6.07) is 9.96. The molecule has 2 rings (SSSR count). The highest BCUT2D eigenvalue weighted by molar-refractivity contribution is 5.28. The summed E-state index contributed by atoms with van der Waals surface area (Å²) >= 11 is 0. The number of ether oxygens (including phenoxy) is 1. The Morgan fingerprint density at radius 3 is 2.43 bits per heavy atom. The zero-order valence-electron chi connectivity index (χ0n) is 13.2. The van der Waals surface area contributed by atoms with Gasteiger partial charge in [0.1, 0.15) is 11.6 Å². The van der Waals surface area contributed by atoms with Gasteiger partial charge < -0.3 is 10.1 Å². The maximum Gasteiger partial charge on any atom is 0.132 e. The van der Waals surface area contributed by atoms with Crippen molar-refractivity contribution in [2.75, 3.05) is 7.11 Å². The van der Waals surface area contributed by atoms with Gasteiger partial charge in [-0.3, -0.25) is 0 Å². The molecule has 1 aromatic carbocycles. The predicted molar refractivity (Wildman–Crippen MR) is 84.4 cm³/mol. The SMILES string of the molecule is COc1ccc(Cc2nccc(CNC(C)(C)C)n2)cc1. The summed E-state index contributed by atoms with van der Waals surface area (Å²) < 4.78 is 5.16. The summed E-state index contributed by atoms with van der Waals surface area (Å²) in [5, 5.41) is 3.44. The third kappa shape index (κ3) is 5.16. The van der Waals surface area contributed by atoms with Gasteiger partial charge in [-0.15, -0.1) is 0 Å². The van der Waals surface area contributed by atoms with Gasteiger partial charge in [0, 0.05) is 24.7 Å². The highest BCUT2D eigenvalue weighted by Gasteiger charge is 2.09. The number of aromatic nitrogens is 2. The van der Waals surface area contributed by atoms with Gasteiger partial charge in [-0.25, -0.2) is 9.97 Å². The Morgan fingerprint density at radius 2 is 1.81 bits per heavy atom. The lowest BCUT2D eigenvalue weighted by atomic mass is 10.1. The van der Waals surface area contributed by atoms with Crippen LogP contribution in [0.15, 0.2) is 36.5 Å². The van der Waals surface area contributed by atoms with Crippen molar-refractivity contribution in [3.05, 3.63) is 53.6 Å². The molecule has 0 radical (unpaired) electrons. The zero-order chi connectivity index (χ0) is 15.3. The van der Waals surface area contributed by atoms with Gasteiger partial charge in [-0.1, -0.05) is 12.1 Å². The first kappa shape index (κ1) is 15.4. The standard InChI is InChI=1S/C17H23N3O/c1-17(2,3)19-12-14-9-10-18-16(20-14)11-13-5-7-15(21-4)8-6-13/h5-10,19H,11-12H2,1-4H3. The normalized spacial score (nSPS) is 11.4. The highest BCUT2D eigenvalue weighted by Crippen LogP contribution is 2.13. The van der Waals surface area contributed by atoms with E-state index in [2.05, 4.69) is 36.1 Å². The molecule has 1 N–H and O–H groups in total. The molecule has 4 heteroatoms. The number of rotatable bonds is 5. The molecule has 0 amide bonds. The topological polar surface area (TPSA) is 47.0 Å². The number of benzene rings is 1. The predicted octanol–water partition coefficient (Wildman–Crippen LogP) is 2.96. The molecular formula is C17H23N3O. The molecule has 0 spiro atoms. The third-order valence-electron chi connectivity index (χ3n) is 3.08. The van der Waals surface area contributed by atoms with Crippen molar-refractivity contribution in [2.45, 2.75) is 39.3 Å². The van der Waals surface area contributed by atoms with Crippen LogP contribution in [0.5, 0.6) is 5.75 Å². The molecule has 0 bridgehead atoms. The first-order chi connectivity index (χ1) is 9.96. The first-order valence-corrected chi connectivity index (χ1v) is 7.15. The molecule has 0 unspecified atom stereocenters. The summed E-state index contributed by atoms with van der Waals surface area (Å²) in [4.78, 5) is 8.96. The van der Waals surface area contributed by atoms with Crippen LogP contribution in [0.3, 0.4) is 0 Å². The maximum absolute atomic E-state index is 5.16. The number of methoxy groups -OCH3 is 1. The lowest BCUT2D eigenvalue weighted by Gasteiger charge is -2.20. The molecule has 0 fully saturated rings. The van der Waals surface area contributed by atoms with Crippen LogP contribution in [0.1, 0.15) is 37.9 Å². The molecule has 1 aromatic heterocycles. The molecule has 4 nitrogen and oxygen atoms in total. The summed E-state index contributed by atoms with van der Waals surface area (Å²) in [6.07, 6.45) is 2.55. The van der Waals surface area contributed by atoms with E-state index in [9.17, 15) is 0 Å². The molecule has 21 heavy (non-hydrogen) atoms. The molecule has 1 heterocycles. The largest absolute Gasteiger partial charge is 0.497 e. The smallest absolute Gasteiger partial charge is 0.132 e. The molecule has 0 saturated carbocycles. The lowest BCUT2D eigenvalue weighted by molar-refractivity contribution is 0.414. The van der Waals surface area contributed by atoms with E-state index >= 15 is 0 Å². The monoisotopic (exact) mass is 285 g/mol. The lowest BCUT2D eigenvalue weighted by Crippen LogP contribution is -2.35. The Bertz CT molecular complexity index is 573. The van der Waals surface area contributed by atoms with E-state index in [1.54, 1.807) is 7.11 Å². The van der Waals surface area contributed by atoms with E-state index in [1.807, 2.05) is 36.5 Å². The van der Waals surface area contributed by atoms with Gasteiger partial charge in [-0.05, 0) is 44.5 Å². The Hall–Kier alpha value is -1.94. The molecule has 0 aliphatic heterocycles. The van der Waals surface area contributed by atoms with Gasteiger partial charge in [0.25, 0.3) is 0 Å². The Balaban J connectivity index is 2.03. The summed E-state index contributed by atoms with van der Waals surface area (Å²) in [7, 11) is 1.67. The summed E-state index contributed by atoms with van der Waals surface area (Å²) in [5.41, 5.74) is 2.28. The van der Waals surface area contributed by atoms with Gasteiger partial charge in [0.2, 0.25) is 0 Å². The van der Waals surface area contributed by atoms with E-state index in [-0.39, 0.29) is 5.54 Å².